The molecule has 2 N–H and O–H groups in total. The molecule has 148 valence electrons. The second-order valence-corrected chi connectivity index (χ2v) is 6.84. The van der Waals surface area contributed by atoms with Gasteiger partial charge in [-0.05, 0) is 24.6 Å². The molecular formula is C18H26N4O5. The predicted molar refractivity (Wildman–Crippen MR) is 98.2 cm³/mol. The minimum atomic E-state index is -0.415. The van der Waals surface area contributed by atoms with Crippen molar-refractivity contribution in [2.24, 2.45) is 5.92 Å². The molecule has 4 atom stereocenters. The fraction of sp³-hybridized carbons (Fsp3) is 0.556. The molecule has 4 amide bonds. The largest absolute Gasteiger partial charge is 0.493 e. The van der Waals surface area contributed by atoms with Crippen molar-refractivity contribution >= 4 is 12.1 Å². The van der Waals surface area contributed by atoms with Crippen molar-refractivity contribution in [1.82, 2.24) is 20.4 Å². The summed E-state index contributed by atoms with van der Waals surface area (Å²) >= 11 is 0. The van der Waals surface area contributed by atoms with Crippen LogP contribution >= 0.6 is 0 Å². The zero-order chi connectivity index (χ0) is 19.9. The van der Waals surface area contributed by atoms with Crippen molar-refractivity contribution in [2.45, 2.75) is 25.2 Å². The Morgan fingerprint density at radius 3 is 1.96 bits per heavy atom. The van der Waals surface area contributed by atoms with Gasteiger partial charge in [0.2, 0.25) is 5.75 Å². The molecule has 9 nitrogen and oxygen atoms in total. The molecule has 0 spiro atoms. The number of urea groups is 2. The third-order valence-corrected chi connectivity index (χ3v) is 5.43. The molecule has 0 unspecified atom stereocenters. The van der Waals surface area contributed by atoms with Gasteiger partial charge in [0.15, 0.2) is 11.5 Å². The number of carbonyl (C=O) groups is 2. The molecule has 9 heteroatoms. The van der Waals surface area contributed by atoms with Gasteiger partial charge in [-0.25, -0.2) is 9.59 Å². The number of hydrogen-bond acceptors (Lipinski definition) is 5. The first-order chi connectivity index (χ1) is 12.8. The van der Waals surface area contributed by atoms with E-state index in [0.29, 0.717) is 17.2 Å². The highest BCUT2D eigenvalue weighted by atomic mass is 16.5. The number of rotatable bonds is 4. The second-order valence-electron chi connectivity index (χ2n) is 6.84. The lowest BCUT2D eigenvalue weighted by atomic mass is 9.81. The second kappa shape index (κ2) is 7.05. The summed E-state index contributed by atoms with van der Waals surface area (Å²) in [5.74, 6) is 1.44. The topological polar surface area (TPSA) is 92.4 Å². The summed E-state index contributed by atoms with van der Waals surface area (Å²) in [5, 5.41) is 5.89. The fourth-order valence-electron chi connectivity index (χ4n) is 4.02. The van der Waals surface area contributed by atoms with E-state index in [9.17, 15) is 9.59 Å². The zero-order valence-corrected chi connectivity index (χ0v) is 16.4. The van der Waals surface area contributed by atoms with Crippen molar-refractivity contribution in [3.8, 4) is 17.2 Å². The van der Waals surface area contributed by atoms with Crippen LogP contribution in [0.1, 0.15) is 18.5 Å². The number of ether oxygens (including phenoxy) is 3. The van der Waals surface area contributed by atoms with E-state index in [1.54, 1.807) is 40.3 Å². The van der Waals surface area contributed by atoms with E-state index < -0.39 is 6.17 Å². The van der Waals surface area contributed by atoms with Gasteiger partial charge in [0.25, 0.3) is 0 Å². The summed E-state index contributed by atoms with van der Waals surface area (Å²) in [7, 11) is 8.07. The molecular weight excluding hydrogens is 352 g/mol. The number of benzene rings is 1. The molecule has 1 aromatic carbocycles. The SMILES string of the molecule is COc1cc([C@H]2[C@@H]3[C@H](C)NC(=O)N(C)[C@@H]3NC(=O)N2C)cc(OC)c1OC. The van der Waals surface area contributed by atoms with Crippen LogP contribution in [0.15, 0.2) is 12.1 Å². The number of methoxy groups -OCH3 is 3. The first-order valence-corrected chi connectivity index (χ1v) is 8.70. The molecule has 0 bridgehead atoms. The normalized spacial score (nSPS) is 27.5. The molecule has 2 fully saturated rings. The highest BCUT2D eigenvalue weighted by molar-refractivity contribution is 5.80. The van der Waals surface area contributed by atoms with Crippen LogP contribution in [0.25, 0.3) is 0 Å². The van der Waals surface area contributed by atoms with E-state index in [0.717, 1.165) is 5.56 Å². The summed E-state index contributed by atoms with van der Waals surface area (Å²) in [4.78, 5) is 27.9. The number of amides is 4. The third kappa shape index (κ3) is 2.96. The molecule has 27 heavy (non-hydrogen) atoms. The first-order valence-electron chi connectivity index (χ1n) is 8.70. The molecule has 0 saturated carbocycles. The van der Waals surface area contributed by atoms with Crippen molar-refractivity contribution in [3.63, 3.8) is 0 Å². The molecule has 0 radical (unpaired) electrons. The van der Waals surface area contributed by atoms with Crippen molar-refractivity contribution < 1.29 is 23.8 Å². The monoisotopic (exact) mass is 378 g/mol. The maximum absolute atomic E-state index is 12.6. The maximum Gasteiger partial charge on any atom is 0.319 e. The molecule has 2 aliphatic heterocycles. The van der Waals surface area contributed by atoms with Crippen LogP contribution in [0.5, 0.6) is 17.2 Å². The standard InChI is InChI=1S/C18H26N4O5/c1-9-13-14(10-7-11(25-4)15(27-6)12(8-10)26-5)21(2)18(24)20-16(13)22(3)17(23)19-9/h7-9,13-14,16H,1-6H3,(H,19,23)(H,20,24)/t9-,13-,14-,16-/m0/s1. The molecule has 2 aliphatic rings. The molecule has 2 saturated heterocycles. The Kier molecular flexibility index (Phi) is 4.95. The maximum atomic E-state index is 12.6. The summed E-state index contributed by atoms with van der Waals surface area (Å²) in [6.45, 7) is 1.94. The van der Waals surface area contributed by atoms with E-state index in [-0.39, 0.29) is 30.1 Å². The Morgan fingerprint density at radius 2 is 1.44 bits per heavy atom. The summed E-state index contributed by atoms with van der Waals surface area (Å²) in [6, 6.07) is 2.80. The Bertz CT molecular complexity index is 730. The fourth-order valence-corrected chi connectivity index (χ4v) is 4.02. The van der Waals surface area contributed by atoms with E-state index in [4.69, 9.17) is 14.2 Å². The van der Waals surface area contributed by atoms with E-state index in [2.05, 4.69) is 10.6 Å². The predicted octanol–water partition coefficient (Wildman–Crippen LogP) is 1.39. The van der Waals surface area contributed by atoms with Gasteiger partial charge in [-0.2, -0.15) is 0 Å². The van der Waals surface area contributed by atoms with Gasteiger partial charge in [-0.15, -0.1) is 0 Å². The van der Waals surface area contributed by atoms with Crippen molar-refractivity contribution in [2.75, 3.05) is 35.4 Å². The van der Waals surface area contributed by atoms with Crippen LogP contribution in [0.3, 0.4) is 0 Å². The number of carbonyl (C=O) groups excluding carboxylic acids is 2. The molecule has 0 aromatic heterocycles. The van der Waals surface area contributed by atoms with Crippen LogP contribution in [-0.4, -0.2) is 69.5 Å². The quantitative estimate of drug-likeness (QED) is 0.826. The lowest BCUT2D eigenvalue weighted by Crippen LogP contribution is -2.71. The first kappa shape index (κ1) is 18.9. The van der Waals surface area contributed by atoms with Gasteiger partial charge >= 0.3 is 12.1 Å². The highest BCUT2D eigenvalue weighted by Crippen LogP contribution is 2.45. The lowest BCUT2D eigenvalue weighted by molar-refractivity contribution is 0.0247. The van der Waals surface area contributed by atoms with Gasteiger partial charge < -0.3 is 34.6 Å². The zero-order valence-electron chi connectivity index (χ0n) is 16.4. The summed E-state index contributed by atoms with van der Waals surface area (Å²) in [5.41, 5.74) is 0.841. The van der Waals surface area contributed by atoms with E-state index in [1.165, 1.54) is 4.90 Å². The molecule has 2 heterocycles. The molecule has 0 aliphatic carbocycles. The average molecular weight is 378 g/mol. The van der Waals surface area contributed by atoms with Crippen LogP contribution in [0.4, 0.5) is 9.59 Å². The lowest BCUT2D eigenvalue weighted by Gasteiger charge is -2.52. The van der Waals surface area contributed by atoms with E-state index >= 15 is 0 Å². The van der Waals surface area contributed by atoms with Crippen LogP contribution in [0, 0.1) is 5.92 Å². The van der Waals surface area contributed by atoms with Gasteiger partial charge in [0.05, 0.1) is 27.4 Å². The van der Waals surface area contributed by atoms with Crippen molar-refractivity contribution in [3.05, 3.63) is 17.7 Å². The minimum absolute atomic E-state index is 0.0850. The number of nitrogens with one attached hydrogen (secondary N) is 2. The van der Waals surface area contributed by atoms with Gasteiger partial charge in [-0.1, -0.05) is 0 Å². The van der Waals surface area contributed by atoms with Crippen molar-refractivity contribution in [1.29, 1.82) is 0 Å². The highest BCUT2D eigenvalue weighted by Gasteiger charge is 2.49. The van der Waals surface area contributed by atoms with Crippen LogP contribution in [0.2, 0.25) is 0 Å². The van der Waals surface area contributed by atoms with Crippen LogP contribution in [-0.2, 0) is 0 Å². The number of nitrogens with zero attached hydrogens (tertiary/aromatic N) is 2. The number of fused-ring (bicyclic) bond motifs is 1. The molecule has 3 rings (SSSR count). The molecule has 1 aromatic rings. The summed E-state index contributed by atoms with van der Waals surface area (Å²) < 4.78 is 16.3. The Balaban J connectivity index is 2.12. The smallest absolute Gasteiger partial charge is 0.319 e. The third-order valence-electron chi connectivity index (χ3n) is 5.43. The number of hydrogen-bond donors (Lipinski definition) is 2. The average Bonchev–Trinajstić information content (AvgIpc) is 2.66. The Hall–Kier alpha value is -2.84. The van der Waals surface area contributed by atoms with Gasteiger partial charge in [0.1, 0.15) is 6.17 Å². The Labute approximate surface area is 158 Å². The van der Waals surface area contributed by atoms with E-state index in [1.807, 2.05) is 19.1 Å². The summed E-state index contributed by atoms with van der Waals surface area (Å²) in [6.07, 6.45) is -0.415. The van der Waals surface area contributed by atoms with Crippen LogP contribution < -0.4 is 24.8 Å². The van der Waals surface area contributed by atoms with Gasteiger partial charge in [-0.3, -0.25) is 0 Å². The minimum Gasteiger partial charge on any atom is -0.493 e. The Morgan fingerprint density at radius 1 is 0.889 bits per heavy atom. The van der Waals surface area contributed by atoms with Gasteiger partial charge in [0, 0.05) is 26.1 Å².